The third kappa shape index (κ3) is 5.54. The summed E-state index contributed by atoms with van der Waals surface area (Å²) < 4.78 is 51.0. The summed E-state index contributed by atoms with van der Waals surface area (Å²) in [5, 5.41) is 8.02. The fraction of sp³-hybridized carbons (Fsp3) is 0.250. The fourth-order valence-electron chi connectivity index (χ4n) is 2.98. The zero-order chi connectivity index (χ0) is 22.8. The van der Waals surface area contributed by atoms with E-state index in [2.05, 4.69) is 20.6 Å². The van der Waals surface area contributed by atoms with Crippen molar-refractivity contribution in [2.75, 3.05) is 23.6 Å². The van der Waals surface area contributed by atoms with Crippen LogP contribution < -0.4 is 16.0 Å². The third-order valence-corrected chi connectivity index (χ3v) is 5.08. The van der Waals surface area contributed by atoms with Crippen LogP contribution in [0.2, 0.25) is 0 Å². The first-order valence-electron chi connectivity index (χ1n) is 9.08. The number of fused-ring (bicyclic) bond motifs is 1. The van der Waals surface area contributed by atoms with Crippen LogP contribution in [0.15, 0.2) is 30.5 Å². The molecule has 11 heteroatoms. The van der Waals surface area contributed by atoms with Gasteiger partial charge in [-0.05, 0) is 54.9 Å². The number of alkyl halides is 3. The minimum atomic E-state index is -4.47. The number of aromatic nitrogens is 2. The largest absolute Gasteiger partial charge is 0.443 e. The number of pyridine rings is 2. The Bertz CT molecular complexity index is 1140. The van der Waals surface area contributed by atoms with E-state index in [1.54, 1.807) is 26.2 Å². The molecule has 0 unspecified atom stereocenters. The van der Waals surface area contributed by atoms with E-state index in [1.807, 2.05) is 18.3 Å². The van der Waals surface area contributed by atoms with Crippen molar-refractivity contribution < 1.29 is 22.4 Å². The maximum atomic E-state index is 14.4. The van der Waals surface area contributed by atoms with Gasteiger partial charge in [-0.25, -0.2) is 14.2 Å². The van der Waals surface area contributed by atoms with E-state index in [4.69, 9.17) is 0 Å². The highest BCUT2D eigenvalue weighted by molar-refractivity contribution is 8.00. The van der Waals surface area contributed by atoms with Gasteiger partial charge in [0.05, 0.1) is 17.1 Å². The average molecular weight is 453 g/mol. The lowest BCUT2D eigenvalue weighted by atomic mass is 9.97. The van der Waals surface area contributed by atoms with Gasteiger partial charge in [0.2, 0.25) is 0 Å². The van der Waals surface area contributed by atoms with Crippen LogP contribution in [0.1, 0.15) is 11.3 Å². The SMILES string of the molecule is CNc1cc2nc(C)c(-c3cc(NC(=O)NCSC(F)(F)F)c(F)cc3C)cc2cn1. The number of nitrogens with one attached hydrogen (secondary N) is 3. The lowest BCUT2D eigenvalue weighted by molar-refractivity contribution is -0.0328. The van der Waals surface area contributed by atoms with Crippen LogP contribution in [0.25, 0.3) is 22.0 Å². The molecule has 0 spiro atoms. The highest BCUT2D eigenvalue weighted by atomic mass is 32.2. The molecular weight excluding hydrogens is 434 g/mol. The quantitative estimate of drug-likeness (QED) is 0.355. The molecule has 2 aromatic heterocycles. The maximum absolute atomic E-state index is 14.4. The second-order valence-corrected chi connectivity index (χ2v) is 7.69. The highest BCUT2D eigenvalue weighted by Crippen LogP contribution is 2.33. The Labute approximate surface area is 179 Å². The number of rotatable bonds is 5. The summed E-state index contributed by atoms with van der Waals surface area (Å²) in [7, 11) is 1.75. The molecule has 2 amide bonds. The predicted octanol–water partition coefficient (Wildman–Crippen LogP) is 5.43. The van der Waals surface area contributed by atoms with Crippen molar-refractivity contribution in [2.45, 2.75) is 19.4 Å². The van der Waals surface area contributed by atoms with Crippen molar-refractivity contribution in [3.05, 3.63) is 47.5 Å². The molecule has 3 rings (SSSR count). The number of halogens is 4. The number of benzene rings is 1. The number of hydrogen-bond donors (Lipinski definition) is 3. The van der Waals surface area contributed by atoms with Gasteiger partial charge in [-0.2, -0.15) is 13.2 Å². The Kier molecular flexibility index (Phi) is 6.54. The van der Waals surface area contributed by atoms with Crippen LogP contribution in [0.4, 0.5) is 33.9 Å². The second-order valence-electron chi connectivity index (χ2n) is 6.65. The summed E-state index contributed by atoms with van der Waals surface area (Å²) in [5.41, 5.74) is -1.24. The van der Waals surface area contributed by atoms with Gasteiger partial charge in [0.1, 0.15) is 11.6 Å². The first-order chi connectivity index (χ1) is 14.6. The van der Waals surface area contributed by atoms with Crippen LogP contribution in [-0.2, 0) is 0 Å². The van der Waals surface area contributed by atoms with Crippen LogP contribution >= 0.6 is 11.8 Å². The molecule has 0 aliphatic carbocycles. The van der Waals surface area contributed by atoms with Gasteiger partial charge in [0.15, 0.2) is 0 Å². The minimum absolute atomic E-state index is 0.154. The molecule has 0 radical (unpaired) electrons. The number of carbonyl (C=O) groups is 1. The topological polar surface area (TPSA) is 78.9 Å². The lowest BCUT2D eigenvalue weighted by Crippen LogP contribution is -2.29. The van der Waals surface area contributed by atoms with Gasteiger partial charge >= 0.3 is 11.5 Å². The van der Waals surface area contributed by atoms with E-state index in [0.29, 0.717) is 22.6 Å². The van der Waals surface area contributed by atoms with E-state index in [9.17, 15) is 22.4 Å². The number of urea groups is 1. The van der Waals surface area contributed by atoms with E-state index >= 15 is 0 Å². The van der Waals surface area contributed by atoms with E-state index in [0.717, 1.165) is 16.5 Å². The van der Waals surface area contributed by atoms with Crippen molar-refractivity contribution in [3.8, 4) is 11.1 Å². The van der Waals surface area contributed by atoms with Crippen LogP contribution in [0, 0.1) is 19.7 Å². The van der Waals surface area contributed by atoms with Gasteiger partial charge in [0, 0.05) is 36.0 Å². The minimum Gasteiger partial charge on any atom is -0.373 e. The molecule has 3 aromatic rings. The zero-order valence-electron chi connectivity index (χ0n) is 16.8. The molecule has 0 bridgehead atoms. The first-order valence-corrected chi connectivity index (χ1v) is 10.1. The number of nitrogens with zero attached hydrogens (tertiary/aromatic N) is 2. The van der Waals surface area contributed by atoms with Gasteiger partial charge in [-0.1, -0.05) is 0 Å². The molecular formula is C20H19F4N5OS. The monoisotopic (exact) mass is 453 g/mol. The van der Waals surface area contributed by atoms with E-state index in [-0.39, 0.29) is 5.69 Å². The average Bonchev–Trinajstić information content (AvgIpc) is 2.68. The standard InChI is InChI=1S/C20H19F4N5OS/c1-10-4-15(21)17(29-19(30)27-9-31-20(22,23)24)6-13(10)14-5-12-8-26-18(25-3)7-16(12)28-11(14)2/h4-8H,9H2,1-3H3,(H,25,26)(H2,27,29,30). The van der Waals surface area contributed by atoms with Gasteiger partial charge < -0.3 is 16.0 Å². The van der Waals surface area contributed by atoms with Crippen molar-refractivity contribution in [1.82, 2.24) is 15.3 Å². The normalized spacial score (nSPS) is 11.5. The first kappa shape index (κ1) is 22.6. The second kappa shape index (κ2) is 8.96. The molecule has 0 aliphatic rings. The summed E-state index contributed by atoms with van der Waals surface area (Å²) in [6.45, 7) is 3.53. The Hall–Kier alpha value is -3.08. The fourth-order valence-corrected chi connectivity index (χ4v) is 3.35. The maximum Gasteiger partial charge on any atom is 0.443 e. The molecule has 3 N–H and O–H groups in total. The number of thioether (sulfide) groups is 1. The van der Waals surface area contributed by atoms with Gasteiger partial charge in [0.25, 0.3) is 0 Å². The molecule has 1 aromatic carbocycles. The number of aryl methyl sites for hydroxylation is 2. The predicted molar refractivity (Wildman–Crippen MR) is 115 cm³/mol. The number of carbonyl (C=O) groups excluding carboxylic acids is 1. The Morgan fingerprint density at radius 3 is 2.55 bits per heavy atom. The molecule has 31 heavy (non-hydrogen) atoms. The van der Waals surface area contributed by atoms with Crippen molar-refractivity contribution in [1.29, 1.82) is 0 Å². The lowest BCUT2D eigenvalue weighted by Gasteiger charge is -2.15. The summed E-state index contributed by atoms with van der Waals surface area (Å²) in [5.74, 6) is -0.719. The molecule has 6 nitrogen and oxygen atoms in total. The highest BCUT2D eigenvalue weighted by Gasteiger charge is 2.28. The van der Waals surface area contributed by atoms with Crippen molar-refractivity contribution >= 4 is 40.2 Å². The molecule has 0 saturated carbocycles. The van der Waals surface area contributed by atoms with Crippen molar-refractivity contribution in [3.63, 3.8) is 0 Å². The van der Waals surface area contributed by atoms with Gasteiger partial charge in [-0.15, -0.1) is 0 Å². The van der Waals surface area contributed by atoms with Gasteiger partial charge in [-0.3, -0.25) is 4.98 Å². The number of amides is 2. The zero-order valence-corrected chi connectivity index (χ0v) is 17.6. The Balaban J connectivity index is 1.90. The van der Waals surface area contributed by atoms with E-state index in [1.165, 1.54) is 12.1 Å². The molecule has 0 aliphatic heterocycles. The molecule has 0 fully saturated rings. The number of anilines is 2. The molecule has 2 heterocycles. The third-order valence-electron chi connectivity index (χ3n) is 4.47. The summed E-state index contributed by atoms with van der Waals surface area (Å²) >= 11 is -0.400. The Morgan fingerprint density at radius 2 is 1.87 bits per heavy atom. The van der Waals surface area contributed by atoms with Crippen molar-refractivity contribution in [2.24, 2.45) is 0 Å². The smallest absolute Gasteiger partial charge is 0.373 e. The molecule has 0 atom stereocenters. The van der Waals surface area contributed by atoms with E-state index < -0.39 is 35.0 Å². The summed E-state index contributed by atoms with van der Waals surface area (Å²) in [4.78, 5) is 20.8. The summed E-state index contributed by atoms with van der Waals surface area (Å²) in [6.07, 6.45) is 1.67. The molecule has 164 valence electrons. The summed E-state index contributed by atoms with van der Waals surface area (Å²) in [6, 6.07) is 5.42. The Morgan fingerprint density at radius 1 is 1.13 bits per heavy atom. The van der Waals surface area contributed by atoms with Crippen LogP contribution in [-0.4, -0.2) is 34.4 Å². The number of hydrogen-bond acceptors (Lipinski definition) is 5. The van der Waals surface area contributed by atoms with Crippen LogP contribution in [0.3, 0.4) is 0 Å². The van der Waals surface area contributed by atoms with Crippen LogP contribution in [0.5, 0.6) is 0 Å². The molecule has 0 saturated heterocycles.